The van der Waals surface area contributed by atoms with Crippen LogP contribution in [0.25, 0.3) is 0 Å². The molecule has 2 aromatic rings. The first-order valence-electron chi connectivity index (χ1n) is 8.97. The van der Waals surface area contributed by atoms with Gasteiger partial charge in [-0.2, -0.15) is 0 Å². The molecule has 1 saturated heterocycles. The fourth-order valence-electron chi connectivity index (χ4n) is 3.33. The number of thiophene rings is 1. The summed E-state index contributed by atoms with van der Waals surface area (Å²) in [6, 6.07) is 8.60. The normalized spacial score (nSPS) is 17.0. The van der Waals surface area contributed by atoms with Crippen LogP contribution in [0.1, 0.15) is 41.0 Å². The lowest BCUT2D eigenvalue weighted by atomic mass is 9.97. The van der Waals surface area contributed by atoms with E-state index in [0.717, 1.165) is 19.0 Å². The van der Waals surface area contributed by atoms with Gasteiger partial charge in [0.2, 0.25) is 0 Å². The van der Waals surface area contributed by atoms with E-state index in [1.54, 1.807) is 17.4 Å². The molecule has 1 aromatic carbocycles. The molecule has 1 N–H and O–H groups in total. The number of likely N-dealkylation sites (tertiary alicyclic amines) is 1. The lowest BCUT2D eigenvalue weighted by Crippen LogP contribution is -2.41. The highest BCUT2D eigenvalue weighted by Gasteiger charge is 2.26. The molecule has 6 heteroatoms. The molecular weight excluding hydrogens is 351 g/mol. The summed E-state index contributed by atoms with van der Waals surface area (Å²) in [5.41, 5.74) is 0.306. The highest BCUT2D eigenvalue weighted by molar-refractivity contribution is 7.10. The van der Waals surface area contributed by atoms with E-state index in [2.05, 4.69) is 28.6 Å². The van der Waals surface area contributed by atoms with Crippen molar-refractivity contribution in [1.82, 2.24) is 10.2 Å². The molecule has 0 spiro atoms. The van der Waals surface area contributed by atoms with E-state index in [4.69, 9.17) is 4.74 Å². The number of halogens is 1. The van der Waals surface area contributed by atoms with Gasteiger partial charge in [0.1, 0.15) is 0 Å². The second-order valence-electron chi connectivity index (χ2n) is 6.81. The Morgan fingerprint density at radius 1 is 1.38 bits per heavy atom. The standard InChI is InChI=1S/C20H25FN2O2S/c1-14-7-9-23(10-8-14)17(19-4-3-11-26-19)13-22-20(24)15-5-6-18(25-2)16(21)12-15/h3-6,11-12,14,17H,7-10,13H2,1-2H3,(H,22,24)/t17-/m0/s1. The largest absolute Gasteiger partial charge is 0.494 e. The number of carbonyl (C=O) groups excluding carboxylic acids is 1. The Bertz CT molecular complexity index is 727. The zero-order chi connectivity index (χ0) is 18.5. The highest BCUT2D eigenvalue weighted by atomic mass is 32.1. The molecule has 140 valence electrons. The van der Waals surface area contributed by atoms with Crippen LogP contribution in [0.3, 0.4) is 0 Å². The van der Waals surface area contributed by atoms with Crippen molar-refractivity contribution in [2.75, 3.05) is 26.7 Å². The van der Waals surface area contributed by atoms with Gasteiger partial charge in [-0.3, -0.25) is 9.69 Å². The fourth-order valence-corrected chi connectivity index (χ4v) is 4.19. The molecule has 1 aliphatic rings. The monoisotopic (exact) mass is 376 g/mol. The maximum absolute atomic E-state index is 13.8. The van der Waals surface area contributed by atoms with Gasteiger partial charge in [-0.05, 0) is 61.5 Å². The van der Waals surface area contributed by atoms with Gasteiger partial charge in [-0.15, -0.1) is 11.3 Å². The predicted octanol–water partition coefficient (Wildman–Crippen LogP) is 4.10. The van der Waals surface area contributed by atoms with Crippen LogP contribution in [-0.2, 0) is 0 Å². The number of hydrogen-bond donors (Lipinski definition) is 1. The van der Waals surface area contributed by atoms with E-state index >= 15 is 0 Å². The number of carbonyl (C=O) groups is 1. The van der Waals surface area contributed by atoms with Gasteiger partial charge in [0.05, 0.1) is 13.2 Å². The summed E-state index contributed by atoms with van der Waals surface area (Å²) in [6.07, 6.45) is 2.36. The Hall–Kier alpha value is -1.92. The number of ether oxygens (including phenoxy) is 1. The van der Waals surface area contributed by atoms with Crippen molar-refractivity contribution in [3.05, 3.63) is 52.0 Å². The zero-order valence-electron chi connectivity index (χ0n) is 15.2. The topological polar surface area (TPSA) is 41.6 Å². The van der Waals surface area contributed by atoms with E-state index in [1.807, 2.05) is 6.07 Å². The number of benzene rings is 1. The molecule has 1 aliphatic heterocycles. The third kappa shape index (κ3) is 4.43. The molecular formula is C20H25FN2O2S. The van der Waals surface area contributed by atoms with Crippen LogP contribution in [0.15, 0.2) is 35.7 Å². The number of hydrogen-bond acceptors (Lipinski definition) is 4. The second-order valence-corrected chi connectivity index (χ2v) is 7.79. The summed E-state index contributed by atoms with van der Waals surface area (Å²) < 4.78 is 18.8. The molecule has 0 bridgehead atoms. The molecule has 0 saturated carbocycles. The molecule has 2 heterocycles. The Morgan fingerprint density at radius 2 is 2.15 bits per heavy atom. The summed E-state index contributed by atoms with van der Waals surface area (Å²) in [7, 11) is 1.41. The van der Waals surface area contributed by atoms with E-state index in [1.165, 1.54) is 37.0 Å². The average Bonchev–Trinajstić information content (AvgIpc) is 3.17. The molecule has 1 amide bonds. The summed E-state index contributed by atoms with van der Waals surface area (Å²) >= 11 is 1.71. The third-order valence-corrected chi connectivity index (χ3v) is 5.97. The fraction of sp³-hybridized carbons (Fsp3) is 0.450. The number of nitrogens with zero attached hydrogens (tertiary/aromatic N) is 1. The Balaban J connectivity index is 1.67. The van der Waals surface area contributed by atoms with Crippen molar-refractivity contribution in [3.63, 3.8) is 0 Å². The van der Waals surface area contributed by atoms with E-state index in [-0.39, 0.29) is 17.7 Å². The van der Waals surface area contributed by atoms with Gasteiger partial charge in [0.15, 0.2) is 11.6 Å². The van der Waals surface area contributed by atoms with Gasteiger partial charge in [-0.25, -0.2) is 4.39 Å². The first-order valence-corrected chi connectivity index (χ1v) is 9.85. The summed E-state index contributed by atoms with van der Waals surface area (Å²) in [6.45, 7) is 4.88. The van der Waals surface area contributed by atoms with Crippen molar-refractivity contribution < 1.29 is 13.9 Å². The Labute approximate surface area is 158 Å². The predicted molar refractivity (Wildman–Crippen MR) is 102 cm³/mol. The van der Waals surface area contributed by atoms with Crippen LogP contribution in [-0.4, -0.2) is 37.6 Å². The van der Waals surface area contributed by atoms with Crippen LogP contribution in [0.5, 0.6) is 5.75 Å². The Kier molecular flexibility index (Phi) is 6.27. The average molecular weight is 376 g/mol. The van der Waals surface area contributed by atoms with E-state index in [9.17, 15) is 9.18 Å². The van der Waals surface area contributed by atoms with Crippen molar-refractivity contribution >= 4 is 17.2 Å². The molecule has 1 atom stereocenters. The molecule has 4 nitrogen and oxygen atoms in total. The molecule has 3 rings (SSSR count). The number of methoxy groups -OCH3 is 1. The number of rotatable bonds is 6. The smallest absolute Gasteiger partial charge is 0.251 e. The van der Waals surface area contributed by atoms with Crippen molar-refractivity contribution in [2.45, 2.75) is 25.8 Å². The number of piperidine rings is 1. The lowest BCUT2D eigenvalue weighted by Gasteiger charge is -2.36. The first-order chi connectivity index (χ1) is 12.6. The second kappa shape index (κ2) is 8.64. The van der Waals surface area contributed by atoms with Crippen LogP contribution < -0.4 is 10.1 Å². The van der Waals surface area contributed by atoms with Gasteiger partial charge in [0.25, 0.3) is 5.91 Å². The Morgan fingerprint density at radius 3 is 2.77 bits per heavy atom. The number of amides is 1. The minimum absolute atomic E-state index is 0.139. The first kappa shape index (κ1) is 18.9. The molecule has 1 aromatic heterocycles. The van der Waals surface area contributed by atoms with Crippen molar-refractivity contribution in [1.29, 1.82) is 0 Å². The van der Waals surface area contributed by atoms with Gasteiger partial charge in [-0.1, -0.05) is 13.0 Å². The van der Waals surface area contributed by atoms with Crippen LogP contribution >= 0.6 is 11.3 Å². The van der Waals surface area contributed by atoms with Crippen LogP contribution in [0.4, 0.5) is 4.39 Å². The molecule has 0 radical (unpaired) electrons. The minimum Gasteiger partial charge on any atom is -0.494 e. The van der Waals surface area contributed by atoms with Crippen LogP contribution in [0.2, 0.25) is 0 Å². The molecule has 0 unspecified atom stereocenters. The van der Waals surface area contributed by atoms with Crippen molar-refractivity contribution in [3.8, 4) is 5.75 Å². The van der Waals surface area contributed by atoms with Gasteiger partial charge < -0.3 is 10.1 Å². The van der Waals surface area contributed by atoms with Gasteiger partial charge in [0, 0.05) is 17.0 Å². The summed E-state index contributed by atoms with van der Waals surface area (Å²) in [5, 5.41) is 5.04. The molecule has 26 heavy (non-hydrogen) atoms. The van der Waals surface area contributed by atoms with Crippen LogP contribution in [0, 0.1) is 11.7 Å². The van der Waals surface area contributed by atoms with E-state index < -0.39 is 5.82 Å². The van der Waals surface area contributed by atoms with E-state index in [0.29, 0.717) is 12.1 Å². The third-order valence-electron chi connectivity index (χ3n) is 5.00. The maximum atomic E-state index is 13.8. The zero-order valence-corrected chi connectivity index (χ0v) is 16.0. The summed E-state index contributed by atoms with van der Waals surface area (Å²) in [5.74, 6) is 0.103. The quantitative estimate of drug-likeness (QED) is 0.825. The maximum Gasteiger partial charge on any atom is 0.251 e. The van der Waals surface area contributed by atoms with Gasteiger partial charge >= 0.3 is 0 Å². The van der Waals surface area contributed by atoms with Crippen molar-refractivity contribution in [2.24, 2.45) is 5.92 Å². The summed E-state index contributed by atoms with van der Waals surface area (Å²) in [4.78, 5) is 16.2. The highest BCUT2D eigenvalue weighted by Crippen LogP contribution is 2.29. The number of nitrogens with one attached hydrogen (secondary N) is 1. The minimum atomic E-state index is -0.528. The molecule has 1 fully saturated rings. The SMILES string of the molecule is COc1ccc(C(=O)NC[C@@H](c2cccs2)N2CCC(C)CC2)cc1F. The molecule has 0 aliphatic carbocycles. The lowest BCUT2D eigenvalue weighted by molar-refractivity contribution is 0.0914.